The van der Waals surface area contributed by atoms with Crippen LogP contribution >= 0.6 is 0 Å². The van der Waals surface area contributed by atoms with E-state index in [-0.39, 0.29) is 11.1 Å². The topological polar surface area (TPSA) is 86.7 Å². The third-order valence-electron chi connectivity index (χ3n) is 2.72. The highest BCUT2D eigenvalue weighted by atomic mass is 16.4. The van der Waals surface area contributed by atoms with Gasteiger partial charge in [0.05, 0.1) is 0 Å². The van der Waals surface area contributed by atoms with Crippen LogP contribution in [0.1, 0.15) is 40.5 Å². The number of carboxylic acids is 1. The number of rotatable bonds is 6. The van der Waals surface area contributed by atoms with Crippen LogP contribution in [0.4, 0.5) is 4.79 Å². The second kappa shape index (κ2) is 8.29. The fourth-order valence-corrected chi connectivity index (χ4v) is 1.46. The summed E-state index contributed by atoms with van der Waals surface area (Å²) in [6.07, 6.45) is 1.59. The predicted octanol–water partition coefficient (Wildman–Crippen LogP) is 1.77. The normalized spacial score (nSPS) is 11.6. The smallest absolute Gasteiger partial charge is 0.331 e. The third-order valence-corrected chi connectivity index (χ3v) is 2.72. The summed E-state index contributed by atoms with van der Waals surface area (Å²) < 4.78 is 0. The van der Waals surface area contributed by atoms with Crippen molar-refractivity contribution in [2.45, 2.75) is 40.5 Å². The summed E-state index contributed by atoms with van der Waals surface area (Å²) >= 11 is 0. The number of amides is 3. The van der Waals surface area contributed by atoms with E-state index in [9.17, 15) is 14.4 Å². The van der Waals surface area contributed by atoms with Crippen LogP contribution in [0.5, 0.6) is 0 Å². The number of hydrogen-bond donors (Lipinski definition) is 2. The second-order valence-corrected chi connectivity index (χ2v) is 4.30. The number of carbonyl (C=O) groups excluding carboxylic acids is 2. The lowest BCUT2D eigenvalue weighted by atomic mass is 10.1. The van der Waals surface area contributed by atoms with Gasteiger partial charge in [0.15, 0.2) is 0 Å². The van der Waals surface area contributed by atoms with E-state index in [1.165, 1.54) is 13.8 Å². The second-order valence-electron chi connectivity index (χ2n) is 4.30. The average Bonchev–Trinajstić information content (AvgIpc) is 2.36. The molecule has 0 saturated heterocycles. The van der Waals surface area contributed by atoms with Crippen molar-refractivity contribution in [3.8, 4) is 0 Å². The van der Waals surface area contributed by atoms with Gasteiger partial charge in [-0.25, -0.2) is 9.59 Å². The Morgan fingerprint density at radius 2 is 1.47 bits per heavy atom. The standard InChI is InChI=1S/C13H22N2O4/c1-5-7-15(8-6-2)13(19)14-11(16)9(3)10(4)12(17)18/h5-8H2,1-4H3,(H,17,18)(H,14,16,19)/b10-9-. The van der Waals surface area contributed by atoms with Crippen molar-refractivity contribution in [3.63, 3.8) is 0 Å². The van der Waals surface area contributed by atoms with Gasteiger partial charge >= 0.3 is 12.0 Å². The molecule has 19 heavy (non-hydrogen) atoms. The predicted molar refractivity (Wildman–Crippen MR) is 71.7 cm³/mol. The molecule has 6 nitrogen and oxygen atoms in total. The third kappa shape index (κ3) is 5.54. The Morgan fingerprint density at radius 3 is 1.84 bits per heavy atom. The monoisotopic (exact) mass is 270 g/mol. The van der Waals surface area contributed by atoms with E-state index < -0.39 is 17.9 Å². The average molecular weight is 270 g/mol. The summed E-state index contributed by atoms with van der Waals surface area (Å²) in [5.74, 6) is -1.83. The highest BCUT2D eigenvalue weighted by Gasteiger charge is 2.18. The maximum Gasteiger partial charge on any atom is 0.331 e. The van der Waals surface area contributed by atoms with Crippen molar-refractivity contribution in [2.75, 3.05) is 13.1 Å². The van der Waals surface area contributed by atoms with Crippen LogP contribution in [0.3, 0.4) is 0 Å². The van der Waals surface area contributed by atoms with E-state index in [0.717, 1.165) is 12.8 Å². The van der Waals surface area contributed by atoms with Gasteiger partial charge in [0.1, 0.15) is 0 Å². The van der Waals surface area contributed by atoms with Gasteiger partial charge in [-0.15, -0.1) is 0 Å². The quantitative estimate of drug-likeness (QED) is 0.720. The summed E-state index contributed by atoms with van der Waals surface area (Å²) in [5, 5.41) is 11.0. The summed E-state index contributed by atoms with van der Waals surface area (Å²) in [4.78, 5) is 35.9. The molecule has 0 unspecified atom stereocenters. The number of nitrogens with one attached hydrogen (secondary N) is 1. The van der Waals surface area contributed by atoms with E-state index in [2.05, 4.69) is 5.32 Å². The molecule has 0 heterocycles. The highest BCUT2D eigenvalue weighted by molar-refractivity contribution is 6.07. The molecule has 3 amide bonds. The van der Waals surface area contributed by atoms with E-state index in [4.69, 9.17) is 5.11 Å². The van der Waals surface area contributed by atoms with Crippen LogP contribution in [-0.2, 0) is 9.59 Å². The van der Waals surface area contributed by atoms with Gasteiger partial charge in [0.25, 0.3) is 5.91 Å². The van der Waals surface area contributed by atoms with Gasteiger partial charge in [0.2, 0.25) is 0 Å². The lowest BCUT2D eigenvalue weighted by molar-refractivity contribution is -0.133. The maximum atomic E-state index is 11.9. The minimum absolute atomic E-state index is 0.0359. The lowest BCUT2D eigenvalue weighted by Crippen LogP contribution is -2.44. The van der Waals surface area contributed by atoms with Gasteiger partial charge in [0, 0.05) is 24.2 Å². The van der Waals surface area contributed by atoms with Crippen LogP contribution < -0.4 is 5.32 Å². The van der Waals surface area contributed by atoms with Gasteiger partial charge in [-0.1, -0.05) is 13.8 Å². The fourth-order valence-electron chi connectivity index (χ4n) is 1.46. The molecule has 0 aromatic carbocycles. The van der Waals surface area contributed by atoms with Gasteiger partial charge in [-0.3, -0.25) is 10.1 Å². The molecule has 0 atom stereocenters. The molecule has 0 aromatic heterocycles. The van der Waals surface area contributed by atoms with E-state index >= 15 is 0 Å². The van der Waals surface area contributed by atoms with Gasteiger partial charge < -0.3 is 10.0 Å². The summed E-state index contributed by atoms with van der Waals surface area (Å²) in [6, 6.07) is -0.480. The van der Waals surface area contributed by atoms with Crippen molar-refractivity contribution in [1.29, 1.82) is 0 Å². The first-order valence-corrected chi connectivity index (χ1v) is 6.36. The van der Waals surface area contributed by atoms with E-state index in [1.54, 1.807) is 4.90 Å². The molecule has 0 aliphatic carbocycles. The number of hydrogen-bond acceptors (Lipinski definition) is 3. The molecule has 108 valence electrons. The van der Waals surface area contributed by atoms with Crippen molar-refractivity contribution in [2.24, 2.45) is 0 Å². The Labute approximate surface area is 113 Å². The van der Waals surface area contributed by atoms with Crippen molar-refractivity contribution in [3.05, 3.63) is 11.1 Å². The minimum atomic E-state index is -1.17. The van der Waals surface area contributed by atoms with Crippen LogP contribution in [0, 0.1) is 0 Å². The maximum absolute atomic E-state index is 11.9. The molecule has 0 bridgehead atoms. The van der Waals surface area contributed by atoms with Crippen LogP contribution in [0.2, 0.25) is 0 Å². The summed E-state index contributed by atoms with van der Waals surface area (Å²) in [6.45, 7) is 7.73. The Balaban J connectivity index is 4.75. The Bertz CT molecular complexity index is 382. The van der Waals surface area contributed by atoms with Crippen LogP contribution in [0.15, 0.2) is 11.1 Å². The number of carbonyl (C=O) groups is 3. The highest BCUT2D eigenvalue weighted by Crippen LogP contribution is 2.04. The van der Waals surface area contributed by atoms with E-state index in [1.807, 2.05) is 13.8 Å². The largest absolute Gasteiger partial charge is 0.478 e. The number of urea groups is 1. The van der Waals surface area contributed by atoms with Gasteiger partial charge in [-0.05, 0) is 26.7 Å². The zero-order chi connectivity index (χ0) is 15.0. The first-order valence-electron chi connectivity index (χ1n) is 6.36. The van der Waals surface area contributed by atoms with Crippen molar-refractivity contribution in [1.82, 2.24) is 10.2 Å². The molecule has 0 aliphatic rings. The fraction of sp³-hybridized carbons (Fsp3) is 0.615. The molecule has 0 spiro atoms. The molecular formula is C13H22N2O4. The number of aliphatic carboxylic acids is 1. The molecule has 0 saturated carbocycles. The molecule has 0 aromatic rings. The van der Waals surface area contributed by atoms with E-state index in [0.29, 0.717) is 13.1 Å². The lowest BCUT2D eigenvalue weighted by Gasteiger charge is -2.21. The van der Waals surface area contributed by atoms with Crippen molar-refractivity contribution >= 4 is 17.9 Å². The Morgan fingerprint density at radius 1 is 1.00 bits per heavy atom. The molecule has 0 radical (unpaired) electrons. The summed E-state index contributed by atoms with van der Waals surface area (Å²) in [7, 11) is 0. The Hall–Kier alpha value is -1.85. The molecule has 0 aliphatic heterocycles. The molecular weight excluding hydrogens is 248 g/mol. The molecule has 6 heteroatoms. The molecule has 2 N–H and O–H groups in total. The minimum Gasteiger partial charge on any atom is -0.478 e. The first kappa shape index (κ1) is 17.2. The van der Waals surface area contributed by atoms with Crippen molar-refractivity contribution < 1.29 is 19.5 Å². The zero-order valence-corrected chi connectivity index (χ0v) is 11.9. The molecule has 0 fully saturated rings. The van der Waals surface area contributed by atoms with Gasteiger partial charge in [-0.2, -0.15) is 0 Å². The van der Waals surface area contributed by atoms with Crippen LogP contribution in [-0.4, -0.2) is 41.0 Å². The first-order chi connectivity index (χ1) is 8.84. The zero-order valence-electron chi connectivity index (χ0n) is 11.9. The summed E-state index contributed by atoms with van der Waals surface area (Å²) in [5.41, 5.74) is -0.0309. The number of nitrogens with zero attached hydrogens (tertiary/aromatic N) is 1. The van der Waals surface area contributed by atoms with Crippen LogP contribution in [0.25, 0.3) is 0 Å². The number of imide groups is 1. The Kier molecular flexibility index (Phi) is 7.48. The number of carboxylic acid groups (broad SMARTS) is 1. The SMILES string of the molecule is CCCN(CCC)C(=O)NC(=O)/C(C)=C(/C)C(=O)O. The molecule has 0 rings (SSSR count).